The van der Waals surface area contributed by atoms with E-state index in [0.29, 0.717) is 0 Å². The summed E-state index contributed by atoms with van der Waals surface area (Å²) in [6, 6.07) is 34.7. The fraction of sp³-hybridized carbons (Fsp3) is 0.257. The van der Waals surface area contributed by atoms with E-state index in [1.54, 1.807) is 0 Å². The van der Waals surface area contributed by atoms with Crippen LogP contribution in [-0.2, 0) is 38.3 Å². The van der Waals surface area contributed by atoms with E-state index in [1.807, 2.05) is 18.3 Å². The van der Waals surface area contributed by atoms with Crippen LogP contribution in [-0.4, -0.2) is 9.97 Å². The Morgan fingerprint density at radius 3 is 2.11 bits per heavy atom. The summed E-state index contributed by atoms with van der Waals surface area (Å²) in [5.41, 5.74) is 9.93. The van der Waals surface area contributed by atoms with Gasteiger partial charge in [-0.3, -0.25) is 4.98 Å². The Morgan fingerprint density at radius 1 is 0.711 bits per heavy atom. The molecule has 5 aromatic rings. The van der Waals surface area contributed by atoms with Crippen molar-refractivity contribution in [1.29, 1.82) is 0 Å². The van der Waals surface area contributed by atoms with Crippen LogP contribution < -0.4 is 0 Å². The molecule has 0 unspecified atom stereocenters. The summed E-state index contributed by atoms with van der Waals surface area (Å²) in [4.78, 5) is 9.75. The van der Waals surface area contributed by atoms with E-state index in [0.717, 1.165) is 45.4 Å². The van der Waals surface area contributed by atoms with Crippen LogP contribution in [0.2, 0.25) is 0 Å². The average molecular weight is 678 g/mol. The summed E-state index contributed by atoms with van der Waals surface area (Å²) in [6.45, 7) is 13.5. The van der Waals surface area contributed by atoms with E-state index < -0.39 is 0 Å². The van der Waals surface area contributed by atoms with Crippen molar-refractivity contribution in [2.24, 2.45) is 0 Å². The van der Waals surface area contributed by atoms with Gasteiger partial charge in [0.25, 0.3) is 0 Å². The Bertz CT molecular complexity index is 1570. The molecule has 194 valence electrons. The topological polar surface area (TPSA) is 25.8 Å². The monoisotopic (exact) mass is 677 g/mol. The first-order chi connectivity index (χ1) is 17.6. The molecule has 3 heteroatoms. The molecule has 0 saturated carbocycles. The number of nitrogens with zero attached hydrogens (tertiary/aromatic N) is 2. The Kier molecular flexibility index (Phi) is 8.05. The molecule has 0 bridgehead atoms. The van der Waals surface area contributed by atoms with Gasteiger partial charge in [-0.1, -0.05) is 84.0 Å². The smallest absolute Gasteiger partial charge is 0.345 e. The van der Waals surface area contributed by atoms with Crippen molar-refractivity contribution < 1.29 is 21.1 Å². The molecule has 2 nitrogen and oxygen atoms in total. The van der Waals surface area contributed by atoms with E-state index in [1.165, 1.54) is 16.7 Å². The summed E-state index contributed by atoms with van der Waals surface area (Å²) >= 11 is 0. The molecule has 0 atom stereocenters. The number of fused-ring (bicyclic) bond motifs is 1. The van der Waals surface area contributed by atoms with Crippen molar-refractivity contribution in [2.75, 3.05) is 0 Å². The third-order valence-corrected chi connectivity index (χ3v) is 6.86. The molecule has 0 radical (unpaired) electrons. The van der Waals surface area contributed by atoms with Crippen LogP contribution in [0, 0.1) is 12.1 Å². The second kappa shape index (κ2) is 11.0. The van der Waals surface area contributed by atoms with Crippen molar-refractivity contribution >= 4 is 10.9 Å². The molecule has 2 aromatic heterocycles. The Hall–Kier alpha value is -3.09. The van der Waals surface area contributed by atoms with Gasteiger partial charge in [0, 0.05) is 11.6 Å². The molecular formula is C35H34N2Pt. The van der Waals surface area contributed by atoms with E-state index in [2.05, 4.69) is 125 Å². The van der Waals surface area contributed by atoms with E-state index in [4.69, 9.17) is 4.98 Å². The fourth-order valence-electron chi connectivity index (χ4n) is 4.63. The van der Waals surface area contributed by atoms with Crippen molar-refractivity contribution in [1.82, 2.24) is 9.97 Å². The first-order valence-corrected chi connectivity index (χ1v) is 13.0. The van der Waals surface area contributed by atoms with Crippen LogP contribution in [0.15, 0.2) is 85.1 Å². The minimum Gasteiger partial charge on any atom is -0.345 e. The van der Waals surface area contributed by atoms with Crippen molar-refractivity contribution in [2.45, 2.75) is 58.8 Å². The predicted molar refractivity (Wildman–Crippen MR) is 155 cm³/mol. The molecule has 0 spiro atoms. The second-order valence-electron chi connectivity index (χ2n) is 11.9. The maximum Gasteiger partial charge on any atom is 2.00 e. The Balaban J connectivity index is 0.00000336. The third-order valence-electron chi connectivity index (χ3n) is 6.86. The van der Waals surface area contributed by atoms with Crippen LogP contribution in [0.25, 0.3) is 33.4 Å². The Labute approximate surface area is 241 Å². The standard InChI is InChI=1S/C35H34N2.Pt/c1-34(2,3)29-15-8-12-26(22-29)31-16-9-17-32(37-31)28-20-24(21-30(23-28)35(4,5)6)19-27-13-7-11-25-14-10-18-36-33(25)27;/h7-11,13-18,21-23H,19H2,1-6H3;/q-2;+2. The minimum atomic E-state index is 0. The molecular weight excluding hydrogens is 643 g/mol. The largest absolute Gasteiger partial charge is 2.00 e. The normalized spacial score (nSPS) is 11.8. The van der Waals surface area contributed by atoms with E-state index in [9.17, 15) is 0 Å². The number of rotatable bonds is 4. The molecule has 3 aromatic carbocycles. The van der Waals surface area contributed by atoms with E-state index >= 15 is 0 Å². The van der Waals surface area contributed by atoms with Crippen molar-refractivity contribution in [3.05, 3.63) is 119 Å². The number of aromatic nitrogens is 2. The zero-order chi connectivity index (χ0) is 26.2. The number of hydrogen-bond acceptors (Lipinski definition) is 2. The van der Waals surface area contributed by atoms with Gasteiger partial charge in [0.2, 0.25) is 0 Å². The summed E-state index contributed by atoms with van der Waals surface area (Å²) in [5, 5.41) is 1.16. The summed E-state index contributed by atoms with van der Waals surface area (Å²) in [5.74, 6) is 0. The molecule has 0 amide bonds. The molecule has 0 aliphatic rings. The average Bonchev–Trinajstić information content (AvgIpc) is 2.88. The predicted octanol–water partition coefficient (Wildman–Crippen LogP) is 8.75. The van der Waals surface area contributed by atoms with Gasteiger partial charge >= 0.3 is 21.1 Å². The zero-order valence-electron chi connectivity index (χ0n) is 23.0. The number of hydrogen-bond donors (Lipinski definition) is 0. The van der Waals surface area contributed by atoms with Crippen LogP contribution in [0.3, 0.4) is 0 Å². The summed E-state index contributed by atoms with van der Waals surface area (Å²) in [7, 11) is 0. The maximum absolute atomic E-state index is 5.08. The van der Waals surface area contributed by atoms with Gasteiger partial charge in [-0.15, -0.1) is 70.3 Å². The van der Waals surface area contributed by atoms with Crippen molar-refractivity contribution in [3.8, 4) is 22.5 Å². The first kappa shape index (κ1) is 27.9. The maximum atomic E-state index is 5.08. The van der Waals surface area contributed by atoms with E-state index in [-0.39, 0.29) is 31.9 Å². The quantitative estimate of drug-likeness (QED) is 0.178. The second-order valence-corrected chi connectivity index (χ2v) is 11.9. The van der Waals surface area contributed by atoms with Gasteiger partial charge in [0.15, 0.2) is 0 Å². The van der Waals surface area contributed by atoms with Gasteiger partial charge in [-0.25, -0.2) is 0 Å². The summed E-state index contributed by atoms with van der Waals surface area (Å²) < 4.78 is 0. The molecule has 2 heterocycles. The van der Waals surface area contributed by atoms with Crippen LogP contribution in [0.5, 0.6) is 0 Å². The summed E-state index contributed by atoms with van der Waals surface area (Å²) in [6.07, 6.45) is 2.64. The Morgan fingerprint density at radius 2 is 1.37 bits per heavy atom. The molecule has 0 aliphatic carbocycles. The zero-order valence-corrected chi connectivity index (χ0v) is 25.3. The third kappa shape index (κ3) is 6.13. The first-order valence-electron chi connectivity index (χ1n) is 13.0. The van der Waals surface area contributed by atoms with Gasteiger partial charge in [-0.05, 0) is 40.3 Å². The molecule has 0 aliphatic heterocycles. The molecule has 38 heavy (non-hydrogen) atoms. The SMILES string of the molecule is CC(C)(C)c1cc[c-]c(-c2cccc(-c3[c-]c(Cc4cccc5cccnc45)cc(C(C)(C)C)c3)n2)c1.[Pt+2]. The van der Waals surface area contributed by atoms with Crippen LogP contribution in [0.4, 0.5) is 0 Å². The molecule has 5 rings (SSSR count). The van der Waals surface area contributed by atoms with Gasteiger partial charge < -0.3 is 4.98 Å². The number of pyridine rings is 2. The van der Waals surface area contributed by atoms with Gasteiger partial charge in [0.1, 0.15) is 0 Å². The molecule has 0 fully saturated rings. The van der Waals surface area contributed by atoms with Gasteiger partial charge in [0.05, 0.1) is 5.52 Å². The van der Waals surface area contributed by atoms with Crippen molar-refractivity contribution in [3.63, 3.8) is 0 Å². The number of para-hydroxylation sites is 1. The fourth-order valence-corrected chi connectivity index (χ4v) is 4.63. The van der Waals surface area contributed by atoms with Crippen LogP contribution >= 0.6 is 0 Å². The van der Waals surface area contributed by atoms with Gasteiger partial charge in [-0.2, -0.15) is 0 Å². The molecule has 0 saturated heterocycles. The number of benzene rings is 3. The minimum absolute atomic E-state index is 0. The molecule has 0 N–H and O–H groups in total. The van der Waals surface area contributed by atoms with Crippen LogP contribution in [0.1, 0.15) is 63.8 Å².